The number of carbonyl (C=O) groups is 4. The smallest absolute Gasteiger partial charge is 0.346 e. The van der Waals surface area contributed by atoms with Gasteiger partial charge in [0.05, 0.1) is 22.3 Å². The van der Waals surface area contributed by atoms with Crippen LogP contribution in [0.4, 0.5) is 0 Å². The quantitative estimate of drug-likeness (QED) is 0.454. The summed E-state index contributed by atoms with van der Waals surface area (Å²) < 4.78 is 9.34. The molecule has 6 nitrogen and oxygen atoms in total. The van der Waals surface area contributed by atoms with Gasteiger partial charge in [0.1, 0.15) is 7.28 Å². The van der Waals surface area contributed by atoms with Gasteiger partial charge in [-0.05, 0) is 46.0 Å². The standard InChI is InChI=1S/C22H18BO6/c1-21(2,11-5-7-13-15(9-11)19(26)28-17(13)24)23-22(3,4)12-6-8-14-16(10-12)20(27)29-18(14)25/h5-10H,1-4H3. The predicted molar refractivity (Wildman–Crippen MR) is 104 cm³/mol. The molecule has 29 heavy (non-hydrogen) atoms. The highest BCUT2D eigenvalue weighted by Gasteiger charge is 2.37. The number of fused-ring (bicyclic) bond motifs is 2. The summed E-state index contributed by atoms with van der Waals surface area (Å²) in [6.07, 6.45) is 0. The summed E-state index contributed by atoms with van der Waals surface area (Å²) in [5.41, 5.74) is 2.79. The van der Waals surface area contributed by atoms with E-state index in [2.05, 4.69) is 16.8 Å². The van der Waals surface area contributed by atoms with Crippen LogP contribution in [-0.2, 0) is 20.1 Å². The van der Waals surface area contributed by atoms with Gasteiger partial charge in [0.15, 0.2) is 0 Å². The van der Waals surface area contributed by atoms with Crippen LogP contribution in [0.1, 0.15) is 80.3 Å². The van der Waals surface area contributed by atoms with Gasteiger partial charge < -0.3 is 9.47 Å². The monoisotopic (exact) mass is 389 g/mol. The average molecular weight is 389 g/mol. The van der Waals surface area contributed by atoms with E-state index in [-0.39, 0.29) is 22.3 Å². The van der Waals surface area contributed by atoms with Crippen molar-refractivity contribution in [3.05, 3.63) is 69.8 Å². The second-order valence-electron chi connectivity index (χ2n) is 8.46. The molecule has 0 amide bonds. The Kier molecular flexibility index (Phi) is 4.05. The minimum atomic E-state index is -0.635. The molecule has 0 spiro atoms. The molecule has 0 bridgehead atoms. The number of carbonyl (C=O) groups excluding carboxylic acids is 4. The molecule has 0 N–H and O–H groups in total. The summed E-state index contributed by atoms with van der Waals surface area (Å²) in [6.45, 7) is 8.01. The van der Waals surface area contributed by atoms with Crippen LogP contribution in [0, 0.1) is 0 Å². The molecule has 0 aromatic heterocycles. The van der Waals surface area contributed by atoms with Crippen molar-refractivity contribution in [3.8, 4) is 0 Å². The maximum absolute atomic E-state index is 11.9. The van der Waals surface area contributed by atoms with E-state index in [4.69, 9.17) is 0 Å². The second kappa shape index (κ2) is 6.14. The van der Waals surface area contributed by atoms with Crippen molar-refractivity contribution in [2.45, 2.75) is 38.3 Å². The van der Waals surface area contributed by atoms with E-state index in [1.54, 1.807) is 24.3 Å². The number of hydrogen-bond donors (Lipinski definition) is 0. The molecule has 4 rings (SSSR count). The first-order valence-corrected chi connectivity index (χ1v) is 9.19. The average Bonchev–Trinajstić information content (AvgIpc) is 3.09. The summed E-state index contributed by atoms with van der Waals surface area (Å²) in [5.74, 6) is -2.52. The fourth-order valence-corrected chi connectivity index (χ4v) is 4.04. The summed E-state index contributed by atoms with van der Waals surface area (Å²) in [5, 5.41) is -0.945. The first-order valence-electron chi connectivity index (χ1n) is 9.19. The predicted octanol–water partition coefficient (Wildman–Crippen LogP) is 3.18. The van der Waals surface area contributed by atoms with Gasteiger partial charge in [0.25, 0.3) is 0 Å². The number of hydrogen-bond acceptors (Lipinski definition) is 6. The van der Waals surface area contributed by atoms with E-state index < -0.39 is 34.5 Å². The first-order chi connectivity index (χ1) is 13.5. The molecular weight excluding hydrogens is 371 g/mol. The molecule has 0 fully saturated rings. The van der Waals surface area contributed by atoms with E-state index in [0.29, 0.717) is 0 Å². The Labute approximate surface area is 168 Å². The lowest BCUT2D eigenvalue weighted by atomic mass is 9.38. The molecule has 2 aromatic carbocycles. The molecule has 0 saturated heterocycles. The zero-order valence-corrected chi connectivity index (χ0v) is 16.5. The van der Waals surface area contributed by atoms with Gasteiger partial charge in [-0.1, -0.05) is 39.8 Å². The number of esters is 4. The molecule has 2 aliphatic rings. The molecule has 0 unspecified atom stereocenters. The molecule has 2 aromatic rings. The van der Waals surface area contributed by atoms with Crippen LogP contribution in [0.2, 0.25) is 0 Å². The van der Waals surface area contributed by atoms with Gasteiger partial charge in [-0.15, -0.1) is 0 Å². The maximum atomic E-state index is 11.9. The molecule has 145 valence electrons. The lowest BCUT2D eigenvalue weighted by Crippen LogP contribution is -2.40. The van der Waals surface area contributed by atoms with Crippen molar-refractivity contribution in [2.24, 2.45) is 0 Å². The fraction of sp³-hybridized carbons (Fsp3) is 0.273. The maximum Gasteiger partial charge on any atom is 0.346 e. The van der Waals surface area contributed by atoms with Crippen LogP contribution in [0.5, 0.6) is 0 Å². The number of ether oxygens (including phenoxy) is 2. The van der Waals surface area contributed by atoms with Crippen LogP contribution in [0.3, 0.4) is 0 Å². The molecular formula is C22H18BO6. The van der Waals surface area contributed by atoms with Gasteiger partial charge in [0.2, 0.25) is 0 Å². The third kappa shape index (κ3) is 3.07. The molecule has 0 saturated carbocycles. The van der Waals surface area contributed by atoms with Crippen molar-refractivity contribution >= 4 is 31.2 Å². The van der Waals surface area contributed by atoms with Crippen molar-refractivity contribution < 1.29 is 28.7 Å². The van der Waals surface area contributed by atoms with Gasteiger partial charge >= 0.3 is 23.9 Å². The van der Waals surface area contributed by atoms with Crippen molar-refractivity contribution in [1.29, 1.82) is 0 Å². The highest BCUT2D eigenvalue weighted by atomic mass is 16.6. The second-order valence-corrected chi connectivity index (χ2v) is 8.46. The molecule has 0 atom stereocenters. The minimum absolute atomic E-state index is 0.269. The zero-order chi connectivity index (χ0) is 21.1. The van der Waals surface area contributed by atoms with Gasteiger partial charge in [0, 0.05) is 0 Å². The Balaban J connectivity index is 1.66. The van der Waals surface area contributed by atoms with Crippen LogP contribution < -0.4 is 0 Å². The number of benzene rings is 2. The van der Waals surface area contributed by atoms with Crippen LogP contribution in [0.15, 0.2) is 36.4 Å². The number of cyclic esters (lactones) is 4. The zero-order valence-electron chi connectivity index (χ0n) is 16.5. The van der Waals surface area contributed by atoms with Gasteiger partial charge in [-0.2, -0.15) is 0 Å². The summed E-state index contributed by atoms with van der Waals surface area (Å²) in [6, 6.07) is 10.2. The number of rotatable bonds is 4. The Morgan fingerprint density at radius 2 is 0.931 bits per heavy atom. The molecule has 1 radical (unpaired) electrons. The largest absolute Gasteiger partial charge is 0.386 e. The molecule has 7 heteroatoms. The van der Waals surface area contributed by atoms with Crippen molar-refractivity contribution in [1.82, 2.24) is 0 Å². The van der Waals surface area contributed by atoms with E-state index >= 15 is 0 Å². The highest BCUT2D eigenvalue weighted by Crippen LogP contribution is 2.35. The molecule has 2 heterocycles. The van der Waals surface area contributed by atoms with Gasteiger partial charge in [-0.3, -0.25) is 0 Å². The Morgan fingerprint density at radius 3 is 1.31 bits per heavy atom. The first kappa shape index (κ1) is 19.1. The third-order valence-corrected chi connectivity index (χ3v) is 5.50. The van der Waals surface area contributed by atoms with E-state index in [1.807, 2.05) is 39.8 Å². The SMILES string of the molecule is CC(C)([B]C(C)(C)c1ccc2c(c1)C(=O)OC2=O)c1ccc2c(c1)C(=O)OC2=O. The Bertz CT molecular complexity index is 1020. The van der Waals surface area contributed by atoms with Crippen LogP contribution >= 0.6 is 0 Å². The lowest BCUT2D eigenvalue weighted by Gasteiger charge is -2.35. The summed E-state index contributed by atoms with van der Waals surface area (Å²) >= 11 is 0. The Hall–Kier alpha value is -3.22. The minimum Gasteiger partial charge on any atom is -0.386 e. The van der Waals surface area contributed by atoms with Crippen molar-refractivity contribution in [2.75, 3.05) is 0 Å². The Morgan fingerprint density at radius 1 is 0.586 bits per heavy atom. The van der Waals surface area contributed by atoms with E-state index in [1.165, 1.54) is 0 Å². The molecule has 0 aliphatic carbocycles. The fourth-order valence-electron chi connectivity index (χ4n) is 4.04. The topological polar surface area (TPSA) is 86.7 Å². The van der Waals surface area contributed by atoms with Crippen molar-refractivity contribution in [3.63, 3.8) is 0 Å². The van der Waals surface area contributed by atoms with Crippen LogP contribution in [-0.4, -0.2) is 31.2 Å². The molecule has 2 aliphatic heterocycles. The van der Waals surface area contributed by atoms with E-state index in [0.717, 1.165) is 11.1 Å². The summed E-state index contributed by atoms with van der Waals surface area (Å²) in [7, 11) is 2.10. The lowest BCUT2D eigenvalue weighted by molar-refractivity contribution is 0.0425. The normalized spacial score (nSPS) is 15.7. The van der Waals surface area contributed by atoms with E-state index in [9.17, 15) is 19.2 Å². The van der Waals surface area contributed by atoms with Gasteiger partial charge in [-0.25, -0.2) is 19.2 Å². The summed E-state index contributed by atoms with van der Waals surface area (Å²) in [4.78, 5) is 47.2. The highest BCUT2D eigenvalue weighted by molar-refractivity contribution is 6.44. The van der Waals surface area contributed by atoms with Crippen LogP contribution in [0.25, 0.3) is 0 Å². The third-order valence-electron chi connectivity index (χ3n) is 5.50.